The first-order valence-electron chi connectivity index (χ1n) is 8.60. The zero-order valence-corrected chi connectivity index (χ0v) is 15.8. The largest absolute Gasteiger partial charge is 0.492 e. The molecule has 2 N–H and O–H groups in total. The van der Waals surface area contributed by atoms with Crippen LogP contribution in [0.15, 0.2) is 30.3 Å². The summed E-state index contributed by atoms with van der Waals surface area (Å²) in [6.07, 6.45) is 0.448. The van der Waals surface area contributed by atoms with Gasteiger partial charge in [-0.3, -0.25) is 4.90 Å². The van der Waals surface area contributed by atoms with E-state index < -0.39 is 0 Å². The third kappa shape index (κ3) is 3.24. The van der Waals surface area contributed by atoms with Crippen LogP contribution in [0.1, 0.15) is 17.3 Å². The molecule has 0 radical (unpaired) electrons. The van der Waals surface area contributed by atoms with Crippen molar-refractivity contribution in [1.82, 2.24) is 10.2 Å². The first-order valence-corrected chi connectivity index (χ1v) is 8.98. The fraction of sp³-hybridized carbons (Fsp3) is 0.316. The highest BCUT2D eigenvalue weighted by Crippen LogP contribution is 2.48. The number of carbonyl (C=O) groups excluding carboxylic acids is 1. The van der Waals surface area contributed by atoms with Gasteiger partial charge >= 0.3 is 6.03 Å². The molecule has 0 spiro atoms. The summed E-state index contributed by atoms with van der Waals surface area (Å²) in [4.78, 5) is 14.7. The lowest BCUT2D eigenvalue weighted by atomic mass is 9.95. The molecule has 0 aliphatic carbocycles. The van der Waals surface area contributed by atoms with Crippen molar-refractivity contribution in [2.45, 2.75) is 12.6 Å². The van der Waals surface area contributed by atoms with Crippen molar-refractivity contribution in [2.24, 2.45) is 0 Å². The summed E-state index contributed by atoms with van der Waals surface area (Å²) in [6, 6.07) is 8.71. The molecule has 1 atom stereocenters. The topological polar surface area (TPSA) is 72.1 Å². The lowest BCUT2D eigenvalue weighted by molar-refractivity contribution is 0.169. The third-order valence-corrected chi connectivity index (χ3v) is 5.12. The van der Waals surface area contributed by atoms with Gasteiger partial charge in [0.1, 0.15) is 6.17 Å². The Balaban J connectivity index is 1.64. The minimum Gasteiger partial charge on any atom is -0.492 e. The number of ether oxygens (including phenoxy) is 3. The second kappa shape index (κ2) is 7.17. The average molecular weight is 390 g/mol. The van der Waals surface area contributed by atoms with Gasteiger partial charge in [-0.05, 0) is 37.2 Å². The van der Waals surface area contributed by atoms with Crippen molar-refractivity contribution in [3.8, 4) is 17.2 Å². The van der Waals surface area contributed by atoms with Gasteiger partial charge in [-0.2, -0.15) is 0 Å². The van der Waals surface area contributed by atoms with Gasteiger partial charge in [0.05, 0.1) is 17.8 Å². The van der Waals surface area contributed by atoms with E-state index in [2.05, 4.69) is 15.5 Å². The molecule has 27 heavy (non-hydrogen) atoms. The second-order valence-corrected chi connectivity index (χ2v) is 6.84. The van der Waals surface area contributed by atoms with E-state index >= 15 is 0 Å². The summed E-state index contributed by atoms with van der Waals surface area (Å²) >= 11 is 6.13. The van der Waals surface area contributed by atoms with Crippen LogP contribution in [0, 0.1) is 0 Å². The molecule has 0 bridgehead atoms. The molecule has 7 nitrogen and oxygen atoms in total. The maximum atomic E-state index is 12.6. The standard InChI is InChI=1S/C19H20ClN3O4/c1-23-8-7-11-9-14-16(27-10-26-14)17(25-2)15(11)18(23)22-19(24)21-13-6-4-3-5-12(13)20/h3-6,9,18H,7-8,10H2,1-2H3,(H2,21,22,24)/t18-/m0/s1. The quantitative estimate of drug-likeness (QED) is 0.842. The number of halogens is 1. The Morgan fingerprint density at radius 1 is 1.33 bits per heavy atom. The van der Waals surface area contributed by atoms with Crippen molar-refractivity contribution in [3.63, 3.8) is 0 Å². The molecular weight excluding hydrogens is 370 g/mol. The first-order chi connectivity index (χ1) is 13.1. The lowest BCUT2D eigenvalue weighted by Gasteiger charge is -2.36. The SMILES string of the molecule is COc1c2c(cc3c1[C@@H](NC(=O)Nc1ccccc1Cl)N(C)CC3)OCO2. The van der Waals surface area contributed by atoms with Gasteiger partial charge in [0.25, 0.3) is 0 Å². The molecule has 0 fully saturated rings. The zero-order valence-electron chi connectivity index (χ0n) is 15.0. The monoisotopic (exact) mass is 389 g/mol. The van der Waals surface area contributed by atoms with E-state index in [9.17, 15) is 4.79 Å². The number of carbonyl (C=O) groups is 1. The summed E-state index contributed by atoms with van der Waals surface area (Å²) in [5.74, 6) is 1.84. The minimum atomic E-state index is -0.374. The van der Waals surface area contributed by atoms with Crippen LogP contribution in [0.5, 0.6) is 17.2 Å². The highest BCUT2D eigenvalue weighted by atomic mass is 35.5. The normalized spacial score (nSPS) is 18.0. The maximum absolute atomic E-state index is 12.6. The highest BCUT2D eigenvalue weighted by molar-refractivity contribution is 6.33. The number of likely N-dealkylation sites (N-methyl/N-ethyl adjacent to an activating group) is 1. The van der Waals surface area contributed by atoms with Crippen molar-refractivity contribution >= 4 is 23.3 Å². The predicted octanol–water partition coefficient (Wildman–Crippen LogP) is 3.39. The minimum absolute atomic E-state index is 0.162. The second-order valence-electron chi connectivity index (χ2n) is 6.43. The molecule has 142 valence electrons. The number of methoxy groups -OCH3 is 1. The number of nitrogens with zero attached hydrogens (tertiary/aromatic N) is 1. The van der Waals surface area contributed by atoms with Crippen molar-refractivity contribution in [1.29, 1.82) is 0 Å². The number of benzene rings is 2. The number of nitrogens with one attached hydrogen (secondary N) is 2. The van der Waals surface area contributed by atoms with Crippen LogP contribution in [0.3, 0.4) is 0 Å². The van der Waals surface area contributed by atoms with Crippen LogP contribution in [-0.4, -0.2) is 38.4 Å². The van der Waals surface area contributed by atoms with Gasteiger partial charge < -0.3 is 24.8 Å². The molecule has 0 aromatic heterocycles. The number of amides is 2. The van der Waals surface area contributed by atoms with Crippen LogP contribution in [0.2, 0.25) is 5.02 Å². The fourth-order valence-electron chi connectivity index (χ4n) is 3.46. The Morgan fingerprint density at radius 2 is 2.15 bits per heavy atom. The number of hydrogen-bond acceptors (Lipinski definition) is 5. The Hall–Kier alpha value is -2.64. The lowest BCUT2D eigenvalue weighted by Crippen LogP contribution is -2.45. The van der Waals surface area contributed by atoms with Gasteiger partial charge in [-0.15, -0.1) is 0 Å². The molecule has 2 aliphatic rings. The van der Waals surface area contributed by atoms with Crippen LogP contribution >= 0.6 is 11.6 Å². The summed E-state index contributed by atoms with van der Waals surface area (Å²) in [5.41, 5.74) is 2.50. The van der Waals surface area contributed by atoms with Crippen LogP contribution < -0.4 is 24.8 Å². The number of fused-ring (bicyclic) bond motifs is 2. The molecule has 2 heterocycles. The Bertz CT molecular complexity index is 889. The number of anilines is 1. The molecule has 2 aliphatic heterocycles. The Morgan fingerprint density at radius 3 is 2.93 bits per heavy atom. The van der Waals surface area contributed by atoms with E-state index in [1.165, 1.54) is 0 Å². The molecular formula is C19H20ClN3O4. The molecule has 2 aromatic carbocycles. The first kappa shape index (κ1) is 17.8. The van der Waals surface area contributed by atoms with E-state index in [-0.39, 0.29) is 19.0 Å². The van der Waals surface area contributed by atoms with Gasteiger partial charge in [0, 0.05) is 12.1 Å². The smallest absolute Gasteiger partial charge is 0.320 e. The molecule has 0 saturated carbocycles. The van der Waals surface area contributed by atoms with E-state index in [1.54, 1.807) is 19.2 Å². The van der Waals surface area contributed by atoms with E-state index in [4.69, 9.17) is 25.8 Å². The van der Waals surface area contributed by atoms with Crippen LogP contribution in [0.4, 0.5) is 10.5 Å². The van der Waals surface area contributed by atoms with E-state index in [0.717, 1.165) is 24.1 Å². The summed E-state index contributed by atoms with van der Waals surface area (Å²) in [7, 11) is 3.54. The van der Waals surface area contributed by atoms with Gasteiger partial charge in [-0.1, -0.05) is 23.7 Å². The fourth-order valence-corrected chi connectivity index (χ4v) is 3.64. The summed E-state index contributed by atoms with van der Waals surface area (Å²) in [5, 5.41) is 6.28. The molecule has 2 aromatic rings. The number of para-hydroxylation sites is 1. The summed E-state index contributed by atoms with van der Waals surface area (Å²) < 4.78 is 16.7. The van der Waals surface area contributed by atoms with Crippen molar-refractivity contribution in [2.75, 3.05) is 32.8 Å². The van der Waals surface area contributed by atoms with Crippen molar-refractivity contribution in [3.05, 3.63) is 46.5 Å². The number of rotatable bonds is 3. The van der Waals surface area contributed by atoms with Gasteiger partial charge in [-0.25, -0.2) is 4.79 Å². The molecule has 0 unspecified atom stereocenters. The summed E-state index contributed by atoms with van der Waals surface area (Å²) in [6.45, 7) is 0.947. The van der Waals surface area contributed by atoms with Gasteiger partial charge in [0.2, 0.25) is 12.5 Å². The third-order valence-electron chi connectivity index (χ3n) is 4.79. The molecule has 0 saturated heterocycles. The number of hydrogen-bond donors (Lipinski definition) is 2. The average Bonchev–Trinajstić information content (AvgIpc) is 3.12. The maximum Gasteiger partial charge on any atom is 0.320 e. The van der Waals surface area contributed by atoms with Crippen LogP contribution in [-0.2, 0) is 6.42 Å². The Labute approximate surface area is 162 Å². The van der Waals surface area contributed by atoms with Crippen LogP contribution in [0.25, 0.3) is 0 Å². The van der Waals surface area contributed by atoms with Crippen molar-refractivity contribution < 1.29 is 19.0 Å². The Kier molecular flexibility index (Phi) is 4.72. The highest BCUT2D eigenvalue weighted by Gasteiger charge is 2.34. The molecule has 8 heteroatoms. The molecule has 4 rings (SSSR count). The van der Waals surface area contributed by atoms with Gasteiger partial charge in [0.15, 0.2) is 11.5 Å². The van der Waals surface area contributed by atoms with E-state index in [0.29, 0.717) is 28.0 Å². The molecule has 2 amide bonds. The number of urea groups is 1. The van der Waals surface area contributed by atoms with E-state index in [1.807, 2.05) is 25.2 Å². The zero-order chi connectivity index (χ0) is 19.0. The predicted molar refractivity (Wildman–Crippen MR) is 102 cm³/mol.